The third-order valence-electron chi connectivity index (χ3n) is 3.71. The quantitative estimate of drug-likeness (QED) is 0.379. The van der Waals surface area contributed by atoms with Crippen LogP contribution in [-0.4, -0.2) is 17.3 Å². The normalized spacial score (nSPS) is 11.1. The molecule has 3 rings (SSSR count). The van der Waals surface area contributed by atoms with Gasteiger partial charge < -0.3 is 20.0 Å². The van der Waals surface area contributed by atoms with Gasteiger partial charge in [-0.25, -0.2) is 9.37 Å². The molecule has 0 atom stereocenters. The number of pyridine rings is 2. The fraction of sp³-hybridized carbons (Fsp3) is 0.105. The van der Waals surface area contributed by atoms with Gasteiger partial charge in [0.2, 0.25) is 12.1 Å². The molecule has 1 amide bonds. The first-order chi connectivity index (χ1) is 14.1. The van der Waals surface area contributed by atoms with Gasteiger partial charge in [0.1, 0.15) is 28.6 Å². The van der Waals surface area contributed by atoms with Gasteiger partial charge >= 0.3 is 6.36 Å². The van der Waals surface area contributed by atoms with Crippen molar-refractivity contribution in [3.8, 4) is 17.4 Å². The minimum Gasteiger partial charge on any atom is -0.619 e. The zero-order chi connectivity index (χ0) is 21.9. The molecular weight excluding hydrogens is 410 g/mol. The molecule has 0 radical (unpaired) electrons. The van der Waals surface area contributed by atoms with Crippen LogP contribution < -0.4 is 19.5 Å². The summed E-state index contributed by atoms with van der Waals surface area (Å²) in [5, 5.41) is 13.7. The summed E-state index contributed by atoms with van der Waals surface area (Å²) in [7, 11) is 0. The summed E-state index contributed by atoms with van der Waals surface area (Å²) in [4.78, 5) is 16.1. The van der Waals surface area contributed by atoms with Crippen molar-refractivity contribution in [1.82, 2.24) is 4.98 Å². The van der Waals surface area contributed by atoms with Crippen LogP contribution in [0.5, 0.6) is 17.4 Å². The Balaban J connectivity index is 1.87. The Morgan fingerprint density at radius 3 is 2.60 bits per heavy atom. The number of carbonyl (C=O) groups excluding carboxylic acids is 1. The van der Waals surface area contributed by atoms with Crippen molar-refractivity contribution in [2.24, 2.45) is 0 Å². The van der Waals surface area contributed by atoms with Crippen LogP contribution in [-0.2, 0) is 0 Å². The standard InChI is InChI=1S/C19H13F4N3O4/c1-11-4-6-14(29-13-5-7-15(24-9-13)30-19(21,22)23)16(17(11)20)18(27)25-12-3-2-8-26(28)10-12/h2-10H,1H3,(H,25,27). The third kappa shape index (κ3) is 5.13. The van der Waals surface area contributed by atoms with E-state index in [4.69, 9.17) is 4.74 Å². The summed E-state index contributed by atoms with van der Waals surface area (Å²) in [5.74, 6) is -2.71. The molecule has 156 valence electrons. The van der Waals surface area contributed by atoms with Crippen molar-refractivity contribution in [3.63, 3.8) is 0 Å². The molecule has 7 nitrogen and oxygen atoms in total. The number of aromatic nitrogens is 2. The Hall–Kier alpha value is -3.89. The number of ether oxygens (including phenoxy) is 2. The van der Waals surface area contributed by atoms with Crippen molar-refractivity contribution in [2.45, 2.75) is 13.3 Å². The largest absolute Gasteiger partial charge is 0.619 e. The topological polar surface area (TPSA) is 87.4 Å². The molecule has 0 spiro atoms. The van der Waals surface area contributed by atoms with Crippen LogP contribution in [0.15, 0.2) is 55.0 Å². The van der Waals surface area contributed by atoms with E-state index >= 15 is 0 Å². The molecule has 0 aliphatic heterocycles. The number of nitrogens with zero attached hydrogens (tertiary/aromatic N) is 2. The van der Waals surface area contributed by atoms with Crippen LogP contribution >= 0.6 is 0 Å². The van der Waals surface area contributed by atoms with Crippen LogP contribution in [0.2, 0.25) is 0 Å². The third-order valence-corrected chi connectivity index (χ3v) is 3.71. The van der Waals surface area contributed by atoms with Crippen LogP contribution in [0.25, 0.3) is 0 Å². The maximum atomic E-state index is 14.7. The maximum absolute atomic E-state index is 14.7. The minimum absolute atomic E-state index is 0.0565. The first kappa shape index (κ1) is 20.8. The van der Waals surface area contributed by atoms with E-state index in [0.29, 0.717) is 4.73 Å². The highest BCUT2D eigenvalue weighted by molar-refractivity contribution is 6.06. The minimum atomic E-state index is -4.90. The summed E-state index contributed by atoms with van der Waals surface area (Å²) in [6.07, 6.45) is -1.69. The number of anilines is 1. The number of nitrogens with one attached hydrogen (secondary N) is 1. The van der Waals surface area contributed by atoms with Crippen molar-refractivity contribution in [1.29, 1.82) is 0 Å². The second kappa shape index (κ2) is 8.23. The van der Waals surface area contributed by atoms with E-state index in [1.54, 1.807) is 0 Å². The highest BCUT2D eigenvalue weighted by Crippen LogP contribution is 2.30. The van der Waals surface area contributed by atoms with Crippen molar-refractivity contribution >= 4 is 11.6 Å². The van der Waals surface area contributed by atoms with Crippen LogP contribution in [0.3, 0.4) is 0 Å². The van der Waals surface area contributed by atoms with Gasteiger partial charge in [0.05, 0.1) is 6.20 Å². The monoisotopic (exact) mass is 423 g/mol. The van der Waals surface area contributed by atoms with E-state index < -0.39 is 29.5 Å². The Kier molecular flexibility index (Phi) is 5.72. The summed E-state index contributed by atoms with van der Waals surface area (Å²) in [6, 6.07) is 7.54. The number of alkyl halides is 3. The van der Waals surface area contributed by atoms with Gasteiger partial charge in [0.15, 0.2) is 6.20 Å². The van der Waals surface area contributed by atoms with Gasteiger partial charge in [-0.05, 0) is 30.7 Å². The summed E-state index contributed by atoms with van der Waals surface area (Å²) < 4.78 is 60.9. The lowest BCUT2D eigenvalue weighted by Gasteiger charge is -2.14. The molecule has 1 aromatic carbocycles. The Morgan fingerprint density at radius 2 is 1.97 bits per heavy atom. The average Bonchev–Trinajstić information content (AvgIpc) is 2.65. The number of halogens is 4. The predicted molar refractivity (Wildman–Crippen MR) is 95.5 cm³/mol. The Morgan fingerprint density at radius 1 is 1.20 bits per heavy atom. The lowest BCUT2D eigenvalue weighted by molar-refractivity contribution is -0.604. The van der Waals surface area contributed by atoms with Gasteiger partial charge in [-0.2, -0.15) is 4.73 Å². The van der Waals surface area contributed by atoms with Crippen molar-refractivity contribution in [3.05, 3.63) is 77.1 Å². The van der Waals surface area contributed by atoms with Gasteiger partial charge in [0, 0.05) is 12.1 Å². The van der Waals surface area contributed by atoms with E-state index in [0.717, 1.165) is 24.5 Å². The Labute approximate surface area is 167 Å². The van der Waals surface area contributed by atoms with Crippen molar-refractivity contribution < 1.29 is 36.6 Å². The predicted octanol–water partition coefficient (Wildman–Crippen LogP) is 4.11. The molecule has 0 saturated carbocycles. The Bertz CT molecular complexity index is 1070. The zero-order valence-electron chi connectivity index (χ0n) is 15.2. The second-order valence-corrected chi connectivity index (χ2v) is 5.96. The van der Waals surface area contributed by atoms with Crippen molar-refractivity contribution in [2.75, 3.05) is 5.32 Å². The van der Waals surface area contributed by atoms with E-state index in [9.17, 15) is 27.6 Å². The van der Waals surface area contributed by atoms with Crippen LogP contribution in [0, 0.1) is 17.9 Å². The van der Waals surface area contributed by atoms with Gasteiger partial charge in [-0.1, -0.05) is 6.07 Å². The fourth-order valence-corrected chi connectivity index (χ4v) is 2.41. The molecule has 0 fully saturated rings. The van der Waals surface area contributed by atoms with E-state index in [1.165, 1.54) is 37.4 Å². The number of hydrogen-bond acceptors (Lipinski definition) is 5. The maximum Gasteiger partial charge on any atom is 0.574 e. The zero-order valence-corrected chi connectivity index (χ0v) is 15.2. The molecule has 3 aromatic rings. The second-order valence-electron chi connectivity index (χ2n) is 5.96. The lowest BCUT2D eigenvalue weighted by atomic mass is 10.1. The first-order valence-corrected chi connectivity index (χ1v) is 8.31. The van der Waals surface area contributed by atoms with Gasteiger partial charge in [-0.15, -0.1) is 13.2 Å². The highest BCUT2D eigenvalue weighted by atomic mass is 19.4. The van der Waals surface area contributed by atoms with Crippen LogP contribution in [0.1, 0.15) is 15.9 Å². The number of carbonyl (C=O) groups is 1. The first-order valence-electron chi connectivity index (χ1n) is 8.31. The highest BCUT2D eigenvalue weighted by Gasteiger charge is 2.31. The molecule has 0 aliphatic carbocycles. The molecule has 30 heavy (non-hydrogen) atoms. The number of rotatable bonds is 5. The smallest absolute Gasteiger partial charge is 0.574 e. The SMILES string of the molecule is Cc1ccc(Oc2ccc(OC(F)(F)F)nc2)c(C(=O)Nc2ccc[n+]([O-])c2)c1F. The lowest BCUT2D eigenvalue weighted by Crippen LogP contribution is -2.26. The summed E-state index contributed by atoms with van der Waals surface area (Å²) in [5.41, 5.74) is -0.168. The summed E-state index contributed by atoms with van der Waals surface area (Å²) >= 11 is 0. The molecule has 1 N–H and O–H groups in total. The van der Waals surface area contributed by atoms with Crippen LogP contribution in [0.4, 0.5) is 23.2 Å². The number of benzene rings is 1. The van der Waals surface area contributed by atoms with E-state index in [2.05, 4.69) is 15.0 Å². The molecule has 0 aliphatic rings. The molecule has 0 unspecified atom stereocenters. The molecule has 0 bridgehead atoms. The number of aryl methyl sites for hydroxylation is 1. The molecular formula is C19H13F4N3O4. The molecule has 0 saturated heterocycles. The number of amides is 1. The van der Waals surface area contributed by atoms with E-state index in [1.807, 2.05) is 0 Å². The van der Waals surface area contributed by atoms with Gasteiger partial charge in [0.25, 0.3) is 5.91 Å². The fourth-order valence-electron chi connectivity index (χ4n) is 2.41. The molecule has 11 heteroatoms. The molecule has 2 heterocycles. The van der Waals surface area contributed by atoms with E-state index in [-0.39, 0.29) is 22.7 Å². The van der Waals surface area contributed by atoms with Gasteiger partial charge in [-0.3, -0.25) is 4.79 Å². The number of hydrogen-bond donors (Lipinski definition) is 1. The molecule has 2 aromatic heterocycles. The summed E-state index contributed by atoms with van der Waals surface area (Å²) in [6.45, 7) is 1.44. The average molecular weight is 423 g/mol.